The van der Waals surface area contributed by atoms with Crippen LogP contribution in [0, 0.1) is 0 Å². The Morgan fingerprint density at radius 3 is 2.80 bits per heavy atom. The van der Waals surface area contributed by atoms with Gasteiger partial charge in [0.15, 0.2) is 5.90 Å². The third kappa shape index (κ3) is 3.22. The summed E-state index contributed by atoms with van der Waals surface area (Å²) in [7, 11) is 0. The minimum absolute atomic E-state index is 0.148. The number of carbonyl (C=O) groups is 1. The van der Waals surface area contributed by atoms with Gasteiger partial charge >= 0.3 is 5.97 Å². The second kappa shape index (κ2) is 5.14. The molecule has 0 radical (unpaired) electrons. The van der Waals surface area contributed by atoms with Crippen LogP contribution in [0.2, 0.25) is 0 Å². The van der Waals surface area contributed by atoms with Crippen molar-refractivity contribution in [3.8, 4) is 0 Å². The van der Waals surface area contributed by atoms with E-state index in [-0.39, 0.29) is 11.5 Å². The Bertz CT molecular complexity index is 263. The van der Waals surface area contributed by atoms with Gasteiger partial charge in [-0.1, -0.05) is 13.8 Å². The molecule has 0 bridgehead atoms. The highest BCUT2D eigenvalue weighted by Gasteiger charge is 2.35. The van der Waals surface area contributed by atoms with Gasteiger partial charge in [0.1, 0.15) is 18.8 Å². The number of hydrogen-bond acceptors (Lipinski definition) is 4. The average molecular weight is 213 g/mol. The minimum Gasteiger partial charge on any atom is -0.478 e. The van der Waals surface area contributed by atoms with E-state index in [1.807, 2.05) is 20.8 Å². The van der Waals surface area contributed by atoms with Gasteiger partial charge in [-0.25, -0.2) is 4.99 Å². The molecule has 1 heterocycles. The van der Waals surface area contributed by atoms with Crippen LogP contribution < -0.4 is 0 Å². The van der Waals surface area contributed by atoms with E-state index in [1.165, 1.54) is 0 Å². The summed E-state index contributed by atoms with van der Waals surface area (Å²) in [6, 6.07) is 0. The molecule has 0 aromatic heterocycles. The molecule has 15 heavy (non-hydrogen) atoms. The number of esters is 1. The van der Waals surface area contributed by atoms with Gasteiger partial charge in [-0.15, -0.1) is 0 Å². The number of ether oxygens (including phenoxy) is 2. The topological polar surface area (TPSA) is 47.9 Å². The standard InChI is InChI=1S/C11H19NO3/c1-4-6-10(13)15-8-11(5-2)7-14-9(3)12-11/h4-8H2,1-3H3. The van der Waals surface area contributed by atoms with Gasteiger partial charge in [0, 0.05) is 13.3 Å². The van der Waals surface area contributed by atoms with E-state index >= 15 is 0 Å². The van der Waals surface area contributed by atoms with Crippen molar-refractivity contribution in [2.24, 2.45) is 4.99 Å². The largest absolute Gasteiger partial charge is 0.478 e. The van der Waals surface area contributed by atoms with Crippen LogP contribution >= 0.6 is 0 Å². The number of hydrogen-bond donors (Lipinski definition) is 0. The Kier molecular flexibility index (Phi) is 4.12. The van der Waals surface area contributed by atoms with Crippen LogP contribution in [0.4, 0.5) is 0 Å². The number of rotatable bonds is 5. The first-order valence-electron chi connectivity index (χ1n) is 5.47. The summed E-state index contributed by atoms with van der Waals surface area (Å²) in [5, 5.41) is 0. The molecule has 1 aliphatic rings. The van der Waals surface area contributed by atoms with E-state index in [9.17, 15) is 4.79 Å². The Morgan fingerprint density at radius 1 is 1.60 bits per heavy atom. The van der Waals surface area contributed by atoms with Crippen molar-refractivity contribution in [1.29, 1.82) is 0 Å². The zero-order valence-corrected chi connectivity index (χ0v) is 9.71. The molecule has 0 aromatic carbocycles. The Balaban J connectivity index is 2.45. The molecule has 1 unspecified atom stereocenters. The summed E-state index contributed by atoms with van der Waals surface area (Å²) in [5.74, 6) is 0.536. The third-order valence-electron chi connectivity index (χ3n) is 2.56. The molecule has 1 rings (SSSR count). The van der Waals surface area contributed by atoms with Crippen molar-refractivity contribution in [2.75, 3.05) is 13.2 Å². The molecular weight excluding hydrogens is 194 g/mol. The molecular formula is C11H19NO3. The van der Waals surface area contributed by atoms with Gasteiger partial charge in [-0.3, -0.25) is 4.79 Å². The summed E-state index contributed by atoms with van der Waals surface area (Å²) < 4.78 is 10.5. The summed E-state index contributed by atoms with van der Waals surface area (Å²) in [6.07, 6.45) is 2.11. The van der Waals surface area contributed by atoms with Crippen molar-refractivity contribution in [1.82, 2.24) is 0 Å². The SMILES string of the molecule is CCCC(=O)OCC1(CC)COC(C)=N1. The Hall–Kier alpha value is -1.06. The number of aliphatic imine (C=N–C) groups is 1. The molecule has 4 heteroatoms. The lowest BCUT2D eigenvalue weighted by molar-refractivity contribution is -0.145. The first kappa shape index (κ1) is 12.0. The van der Waals surface area contributed by atoms with E-state index in [2.05, 4.69) is 4.99 Å². The predicted molar refractivity (Wildman–Crippen MR) is 58.0 cm³/mol. The van der Waals surface area contributed by atoms with Crippen LogP contribution in [0.5, 0.6) is 0 Å². The van der Waals surface area contributed by atoms with Crippen molar-refractivity contribution in [2.45, 2.75) is 45.6 Å². The first-order chi connectivity index (χ1) is 7.12. The fourth-order valence-electron chi connectivity index (χ4n) is 1.49. The molecule has 0 aromatic rings. The van der Waals surface area contributed by atoms with Crippen LogP contribution in [-0.2, 0) is 14.3 Å². The normalized spacial score (nSPS) is 24.6. The molecule has 0 N–H and O–H groups in total. The zero-order chi connectivity index (χ0) is 11.3. The maximum atomic E-state index is 11.2. The lowest BCUT2D eigenvalue weighted by atomic mass is 10.0. The fraction of sp³-hybridized carbons (Fsp3) is 0.818. The molecule has 1 atom stereocenters. The van der Waals surface area contributed by atoms with E-state index in [1.54, 1.807) is 0 Å². The van der Waals surface area contributed by atoms with Crippen molar-refractivity contribution in [3.05, 3.63) is 0 Å². The Morgan fingerprint density at radius 2 is 2.33 bits per heavy atom. The third-order valence-corrected chi connectivity index (χ3v) is 2.56. The molecule has 0 amide bonds. The van der Waals surface area contributed by atoms with E-state index in [0.29, 0.717) is 25.5 Å². The smallest absolute Gasteiger partial charge is 0.305 e. The summed E-state index contributed by atoms with van der Waals surface area (Å²) in [6.45, 7) is 6.66. The van der Waals surface area contributed by atoms with Crippen molar-refractivity contribution < 1.29 is 14.3 Å². The number of carbonyl (C=O) groups excluding carboxylic acids is 1. The van der Waals surface area contributed by atoms with E-state index in [4.69, 9.17) is 9.47 Å². The van der Waals surface area contributed by atoms with Crippen LogP contribution in [0.1, 0.15) is 40.0 Å². The monoisotopic (exact) mass is 213 g/mol. The minimum atomic E-state index is -0.340. The van der Waals surface area contributed by atoms with Gasteiger partial charge in [0.25, 0.3) is 0 Å². The average Bonchev–Trinajstić information content (AvgIpc) is 2.59. The lowest BCUT2D eigenvalue weighted by Crippen LogP contribution is -2.34. The second-order valence-electron chi connectivity index (χ2n) is 3.91. The van der Waals surface area contributed by atoms with Crippen LogP contribution in [0.15, 0.2) is 4.99 Å². The van der Waals surface area contributed by atoms with Gasteiger partial charge in [-0.05, 0) is 12.8 Å². The zero-order valence-electron chi connectivity index (χ0n) is 9.71. The summed E-state index contributed by atoms with van der Waals surface area (Å²) in [5.41, 5.74) is -0.340. The van der Waals surface area contributed by atoms with Crippen LogP contribution in [-0.4, -0.2) is 30.6 Å². The van der Waals surface area contributed by atoms with Gasteiger partial charge in [0.2, 0.25) is 0 Å². The summed E-state index contributed by atoms with van der Waals surface area (Å²) >= 11 is 0. The molecule has 0 saturated heterocycles. The number of nitrogens with zero attached hydrogens (tertiary/aromatic N) is 1. The van der Waals surface area contributed by atoms with Crippen molar-refractivity contribution in [3.63, 3.8) is 0 Å². The maximum absolute atomic E-state index is 11.2. The molecule has 0 saturated carbocycles. The van der Waals surface area contributed by atoms with Crippen molar-refractivity contribution >= 4 is 11.9 Å². The molecule has 86 valence electrons. The maximum Gasteiger partial charge on any atom is 0.305 e. The van der Waals surface area contributed by atoms with Crippen LogP contribution in [0.25, 0.3) is 0 Å². The van der Waals surface area contributed by atoms with E-state index in [0.717, 1.165) is 12.8 Å². The van der Waals surface area contributed by atoms with Crippen LogP contribution in [0.3, 0.4) is 0 Å². The van der Waals surface area contributed by atoms with E-state index < -0.39 is 0 Å². The quantitative estimate of drug-likeness (QED) is 0.655. The highest BCUT2D eigenvalue weighted by molar-refractivity contribution is 5.75. The molecule has 0 fully saturated rings. The second-order valence-corrected chi connectivity index (χ2v) is 3.91. The van der Waals surface area contributed by atoms with Gasteiger partial charge < -0.3 is 9.47 Å². The van der Waals surface area contributed by atoms with Gasteiger partial charge in [-0.2, -0.15) is 0 Å². The highest BCUT2D eigenvalue weighted by Crippen LogP contribution is 2.23. The Labute approximate surface area is 90.7 Å². The van der Waals surface area contributed by atoms with Gasteiger partial charge in [0.05, 0.1) is 0 Å². The predicted octanol–water partition coefficient (Wildman–Crippen LogP) is 1.93. The molecule has 0 spiro atoms. The fourth-order valence-corrected chi connectivity index (χ4v) is 1.49. The molecule has 1 aliphatic heterocycles. The lowest BCUT2D eigenvalue weighted by Gasteiger charge is -2.21. The first-order valence-corrected chi connectivity index (χ1v) is 5.47. The molecule has 4 nitrogen and oxygen atoms in total. The highest BCUT2D eigenvalue weighted by atomic mass is 16.5. The summed E-state index contributed by atoms with van der Waals surface area (Å²) in [4.78, 5) is 15.6. The molecule has 0 aliphatic carbocycles.